The van der Waals surface area contributed by atoms with E-state index in [4.69, 9.17) is 9.47 Å². The van der Waals surface area contributed by atoms with E-state index in [1.165, 1.54) is 21.1 Å². The van der Waals surface area contributed by atoms with Crippen molar-refractivity contribution in [3.05, 3.63) is 50.2 Å². The number of nitrogens with zero attached hydrogens (tertiary/aromatic N) is 1. The van der Waals surface area contributed by atoms with Gasteiger partial charge < -0.3 is 14.6 Å². The highest BCUT2D eigenvalue weighted by atomic mass is 16.5. The van der Waals surface area contributed by atoms with Crippen LogP contribution >= 0.6 is 0 Å². The molecule has 1 aromatic carbocycles. The molecule has 7 nitrogen and oxygen atoms in total. The van der Waals surface area contributed by atoms with Crippen molar-refractivity contribution < 1.29 is 14.6 Å². The normalized spacial score (nSPS) is 10.4. The van der Waals surface area contributed by atoms with Crippen LogP contribution in [0.3, 0.4) is 0 Å². The van der Waals surface area contributed by atoms with Crippen LogP contribution in [0, 0.1) is 6.92 Å². The summed E-state index contributed by atoms with van der Waals surface area (Å²) in [4.78, 5) is 25.4. The van der Waals surface area contributed by atoms with Crippen LogP contribution in [0.4, 0.5) is 0 Å². The van der Waals surface area contributed by atoms with Gasteiger partial charge in [0.2, 0.25) is 5.88 Å². The van der Waals surface area contributed by atoms with Gasteiger partial charge in [-0.05, 0) is 19.1 Å². The summed E-state index contributed by atoms with van der Waals surface area (Å²) < 4.78 is 11.4. The number of methoxy groups -OCH3 is 2. The Balaban J connectivity index is 2.51. The van der Waals surface area contributed by atoms with Crippen molar-refractivity contribution in [2.24, 2.45) is 0 Å². The van der Waals surface area contributed by atoms with Crippen LogP contribution in [-0.4, -0.2) is 28.9 Å². The molecule has 0 fully saturated rings. The minimum atomic E-state index is -0.680. The van der Waals surface area contributed by atoms with Crippen molar-refractivity contribution in [1.29, 1.82) is 0 Å². The Morgan fingerprint density at radius 3 is 2.57 bits per heavy atom. The average Bonchev–Trinajstić information content (AvgIpc) is 2.49. The van der Waals surface area contributed by atoms with Crippen molar-refractivity contribution in [2.75, 3.05) is 14.2 Å². The fraction of sp³-hybridized carbons (Fsp3) is 0.286. The van der Waals surface area contributed by atoms with Gasteiger partial charge in [-0.3, -0.25) is 14.3 Å². The molecule has 0 saturated carbocycles. The van der Waals surface area contributed by atoms with Crippen LogP contribution < -0.4 is 20.7 Å². The lowest BCUT2D eigenvalue weighted by atomic mass is 10.2. The summed E-state index contributed by atoms with van der Waals surface area (Å²) in [5.41, 5.74) is -0.527. The molecule has 0 saturated heterocycles. The Morgan fingerprint density at radius 2 is 1.95 bits per heavy atom. The highest BCUT2D eigenvalue weighted by molar-refractivity contribution is 5.41. The van der Waals surface area contributed by atoms with Crippen molar-refractivity contribution in [1.82, 2.24) is 9.55 Å². The maximum absolute atomic E-state index is 11.8. The summed E-state index contributed by atoms with van der Waals surface area (Å²) in [5.74, 6) is 0.774. The molecule has 2 rings (SSSR count). The van der Waals surface area contributed by atoms with Crippen LogP contribution in [0.2, 0.25) is 0 Å². The molecule has 0 atom stereocenters. The first-order valence-electron chi connectivity index (χ1n) is 6.21. The average molecular weight is 292 g/mol. The number of H-pyrrole nitrogens is 1. The Morgan fingerprint density at radius 1 is 1.24 bits per heavy atom. The number of hydrogen-bond donors (Lipinski definition) is 2. The summed E-state index contributed by atoms with van der Waals surface area (Å²) in [7, 11) is 3.04. The summed E-state index contributed by atoms with van der Waals surface area (Å²) in [6.45, 7) is 1.50. The first kappa shape index (κ1) is 14.7. The van der Waals surface area contributed by atoms with Crippen molar-refractivity contribution in [2.45, 2.75) is 13.5 Å². The van der Waals surface area contributed by atoms with Gasteiger partial charge in [0.05, 0.1) is 26.3 Å². The monoisotopic (exact) mass is 292 g/mol. The summed E-state index contributed by atoms with van der Waals surface area (Å²) >= 11 is 0. The lowest BCUT2D eigenvalue weighted by Gasteiger charge is -2.13. The van der Waals surface area contributed by atoms with Gasteiger partial charge in [-0.25, -0.2) is 4.79 Å². The van der Waals surface area contributed by atoms with Gasteiger partial charge in [0.15, 0.2) is 0 Å². The fourth-order valence-corrected chi connectivity index (χ4v) is 1.96. The minimum Gasteiger partial charge on any atom is -0.497 e. The smallest absolute Gasteiger partial charge is 0.331 e. The van der Waals surface area contributed by atoms with Gasteiger partial charge >= 0.3 is 5.69 Å². The topological polar surface area (TPSA) is 93.5 Å². The number of ether oxygens (including phenoxy) is 2. The second-order valence-corrected chi connectivity index (χ2v) is 4.47. The predicted molar refractivity (Wildman–Crippen MR) is 76.4 cm³/mol. The maximum Gasteiger partial charge on any atom is 0.331 e. The standard InChI is InChI=1S/C14H16N2O5/c1-8-12(17)15-14(19)16(13(8)18)7-9-4-5-10(20-2)6-11(9)21-3/h4-6,18H,7H2,1-3H3,(H,15,17,19). The molecule has 0 radical (unpaired) electrons. The third-order valence-corrected chi connectivity index (χ3v) is 3.22. The number of aromatic hydroxyl groups is 1. The molecule has 2 N–H and O–H groups in total. The second-order valence-electron chi connectivity index (χ2n) is 4.47. The summed E-state index contributed by atoms with van der Waals surface area (Å²) in [6, 6.07) is 5.12. The largest absolute Gasteiger partial charge is 0.497 e. The molecule has 0 unspecified atom stereocenters. The molecule has 112 valence electrons. The van der Waals surface area contributed by atoms with Crippen molar-refractivity contribution >= 4 is 0 Å². The fourth-order valence-electron chi connectivity index (χ4n) is 1.96. The number of aromatic amines is 1. The molecule has 0 aliphatic carbocycles. The highest BCUT2D eigenvalue weighted by Gasteiger charge is 2.13. The van der Waals surface area contributed by atoms with E-state index in [9.17, 15) is 14.7 Å². The molecule has 0 spiro atoms. The Labute approximate surface area is 120 Å². The number of hydrogen-bond acceptors (Lipinski definition) is 5. The zero-order valence-corrected chi connectivity index (χ0v) is 12.0. The molecule has 0 aliphatic heterocycles. The molecule has 21 heavy (non-hydrogen) atoms. The Bertz CT molecular complexity index is 776. The third kappa shape index (κ3) is 2.76. The molecule has 1 aromatic heterocycles. The van der Waals surface area contributed by atoms with E-state index < -0.39 is 11.2 Å². The van der Waals surface area contributed by atoms with Crippen LogP contribution in [-0.2, 0) is 6.54 Å². The van der Waals surface area contributed by atoms with Crippen molar-refractivity contribution in [3.63, 3.8) is 0 Å². The van der Waals surface area contributed by atoms with E-state index in [-0.39, 0.29) is 18.0 Å². The Kier molecular flexibility index (Phi) is 4.02. The number of rotatable bonds is 4. The van der Waals surface area contributed by atoms with E-state index in [1.807, 2.05) is 0 Å². The Hall–Kier alpha value is -2.70. The van der Waals surface area contributed by atoms with Gasteiger partial charge in [-0.15, -0.1) is 0 Å². The second kappa shape index (κ2) is 5.74. The molecule has 0 bridgehead atoms. The van der Waals surface area contributed by atoms with Gasteiger partial charge in [0, 0.05) is 11.6 Å². The van der Waals surface area contributed by atoms with Crippen LogP contribution in [0.15, 0.2) is 27.8 Å². The van der Waals surface area contributed by atoms with Crippen LogP contribution in [0.5, 0.6) is 17.4 Å². The van der Waals surface area contributed by atoms with E-state index in [0.29, 0.717) is 17.1 Å². The zero-order valence-electron chi connectivity index (χ0n) is 12.0. The van der Waals surface area contributed by atoms with E-state index in [1.54, 1.807) is 18.2 Å². The number of benzene rings is 1. The summed E-state index contributed by atoms with van der Waals surface area (Å²) in [5, 5.41) is 9.96. The highest BCUT2D eigenvalue weighted by Crippen LogP contribution is 2.25. The quantitative estimate of drug-likeness (QED) is 0.861. The van der Waals surface area contributed by atoms with Crippen LogP contribution in [0.1, 0.15) is 11.1 Å². The van der Waals surface area contributed by atoms with Crippen LogP contribution in [0.25, 0.3) is 0 Å². The van der Waals surface area contributed by atoms with E-state index >= 15 is 0 Å². The molecular weight excluding hydrogens is 276 g/mol. The lowest BCUT2D eigenvalue weighted by molar-refractivity contribution is 0.383. The molecule has 1 heterocycles. The lowest BCUT2D eigenvalue weighted by Crippen LogP contribution is -2.31. The predicted octanol–water partition coefficient (Wildman–Crippen LogP) is 0.616. The first-order valence-corrected chi connectivity index (χ1v) is 6.21. The van der Waals surface area contributed by atoms with E-state index in [2.05, 4.69) is 4.98 Å². The van der Waals surface area contributed by atoms with Gasteiger partial charge in [0.25, 0.3) is 5.56 Å². The van der Waals surface area contributed by atoms with Crippen molar-refractivity contribution in [3.8, 4) is 17.4 Å². The molecule has 2 aromatic rings. The molecule has 0 aliphatic rings. The first-order chi connectivity index (χ1) is 9.97. The van der Waals surface area contributed by atoms with Gasteiger partial charge in [0.1, 0.15) is 11.5 Å². The number of aromatic nitrogens is 2. The third-order valence-electron chi connectivity index (χ3n) is 3.22. The zero-order chi connectivity index (χ0) is 15.6. The van der Waals surface area contributed by atoms with Gasteiger partial charge in [-0.1, -0.05) is 0 Å². The maximum atomic E-state index is 11.8. The molecule has 7 heteroatoms. The molecular formula is C14H16N2O5. The number of nitrogens with one attached hydrogen (secondary N) is 1. The van der Waals surface area contributed by atoms with E-state index in [0.717, 1.165) is 4.57 Å². The summed E-state index contributed by atoms with van der Waals surface area (Å²) in [6.07, 6.45) is 0. The van der Waals surface area contributed by atoms with Gasteiger partial charge in [-0.2, -0.15) is 0 Å². The SMILES string of the molecule is COc1ccc(Cn2c(O)c(C)c(=O)[nH]c2=O)c(OC)c1. The minimum absolute atomic E-state index is 0.0649. The molecule has 0 amide bonds.